The van der Waals surface area contributed by atoms with Crippen molar-refractivity contribution < 1.29 is 22.3 Å². The van der Waals surface area contributed by atoms with Crippen molar-refractivity contribution in [2.45, 2.75) is 32.8 Å². The van der Waals surface area contributed by atoms with E-state index in [-0.39, 0.29) is 18.2 Å². The molecule has 0 bridgehead atoms. The summed E-state index contributed by atoms with van der Waals surface area (Å²) >= 11 is 0. The van der Waals surface area contributed by atoms with Crippen LogP contribution in [-0.4, -0.2) is 25.8 Å². The van der Waals surface area contributed by atoms with Crippen molar-refractivity contribution in [2.75, 3.05) is 16.8 Å². The number of carbonyl (C=O) groups excluding carboxylic acids is 1. The molecule has 0 spiro atoms. The van der Waals surface area contributed by atoms with Crippen molar-refractivity contribution >= 4 is 21.4 Å². The van der Waals surface area contributed by atoms with E-state index in [1.54, 1.807) is 36.4 Å². The zero-order valence-electron chi connectivity index (χ0n) is 15.3. The molecular formula is C20H24FNO4S. The van der Waals surface area contributed by atoms with Gasteiger partial charge in [-0.3, -0.25) is 4.79 Å². The van der Waals surface area contributed by atoms with Gasteiger partial charge in [-0.15, -0.1) is 0 Å². The largest absolute Gasteiger partial charge is 0.489 e. The van der Waals surface area contributed by atoms with Crippen LogP contribution in [0.15, 0.2) is 48.5 Å². The van der Waals surface area contributed by atoms with Crippen molar-refractivity contribution in [1.82, 2.24) is 0 Å². The lowest BCUT2D eigenvalue weighted by Crippen LogP contribution is -2.24. The van der Waals surface area contributed by atoms with E-state index in [9.17, 15) is 17.6 Å². The quantitative estimate of drug-likeness (QED) is 0.621. The van der Waals surface area contributed by atoms with Crippen LogP contribution in [0.2, 0.25) is 0 Å². The third kappa shape index (κ3) is 7.78. The number of unbranched alkanes of at least 4 members (excludes halogenated alkanes) is 2. The summed E-state index contributed by atoms with van der Waals surface area (Å²) in [7, 11) is -3.41. The SMILES string of the molecule is CCCCCS(=O)(=O)CC(=O)Nc1cccc(OCc2ccc(F)cc2)c1. The molecule has 0 unspecified atom stereocenters. The highest BCUT2D eigenvalue weighted by Gasteiger charge is 2.16. The van der Waals surface area contributed by atoms with Gasteiger partial charge in [-0.2, -0.15) is 0 Å². The lowest BCUT2D eigenvalue weighted by molar-refractivity contribution is -0.113. The summed E-state index contributed by atoms with van der Waals surface area (Å²) in [5.41, 5.74) is 1.27. The molecule has 2 aromatic carbocycles. The van der Waals surface area contributed by atoms with Crippen LogP contribution in [0.3, 0.4) is 0 Å². The molecule has 146 valence electrons. The van der Waals surface area contributed by atoms with E-state index in [2.05, 4.69) is 5.32 Å². The summed E-state index contributed by atoms with van der Waals surface area (Å²) < 4.78 is 42.4. The first-order valence-corrected chi connectivity index (χ1v) is 10.7. The Morgan fingerprint density at radius 3 is 2.56 bits per heavy atom. The number of nitrogens with one attached hydrogen (secondary N) is 1. The number of benzene rings is 2. The molecule has 1 amide bonds. The van der Waals surface area contributed by atoms with Crippen LogP contribution >= 0.6 is 0 Å². The summed E-state index contributed by atoms with van der Waals surface area (Å²) in [5.74, 6) is -0.870. The lowest BCUT2D eigenvalue weighted by Gasteiger charge is -2.10. The maximum absolute atomic E-state index is 12.9. The fourth-order valence-electron chi connectivity index (χ4n) is 2.45. The highest BCUT2D eigenvalue weighted by atomic mass is 32.2. The molecule has 2 rings (SSSR count). The number of rotatable bonds is 10. The van der Waals surface area contributed by atoms with E-state index in [0.717, 1.165) is 18.4 Å². The maximum atomic E-state index is 12.9. The summed E-state index contributed by atoms with van der Waals surface area (Å²) in [6.07, 6.45) is 2.32. The number of amides is 1. The molecule has 0 aliphatic carbocycles. The molecule has 2 aromatic rings. The van der Waals surface area contributed by atoms with Crippen LogP contribution in [-0.2, 0) is 21.2 Å². The molecular weight excluding hydrogens is 369 g/mol. The Hall–Kier alpha value is -2.41. The van der Waals surface area contributed by atoms with Crippen LogP contribution in [0.5, 0.6) is 5.75 Å². The second kappa shape index (κ2) is 10.1. The van der Waals surface area contributed by atoms with E-state index < -0.39 is 21.5 Å². The third-order valence-corrected chi connectivity index (χ3v) is 5.46. The first kappa shape index (κ1) is 20.9. The normalized spacial score (nSPS) is 11.2. The number of hydrogen-bond donors (Lipinski definition) is 1. The Kier molecular flexibility index (Phi) is 7.79. The average Bonchev–Trinajstić information content (AvgIpc) is 2.61. The maximum Gasteiger partial charge on any atom is 0.239 e. The van der Waals surface area contributed by atoms with Gasteiger partial charge in [0.05, 0.1) is 5.75 Å². The van der Waals surface area contributed by atoms with Crippen molar-refractivity contribution in [2.24, 2.45) is 0 Å². The number of carbonyl (C=O) groups is 1. The fourth-order valence-corrected chi connectivity index (χ4v) is 3.71. The summed E-state index contributed by atoms with van der Waals surface area (Å²) in [4.78, 5) is 12.0. The molecule has 7 heteroatoms. The number of ether oxygens (including phenoxy) is 1. The van der Waals surface area contributed by atoms with Crippen LogP contribution in [0.1, 0.15) is 31.7 Å². The van der Waals surface area contributed by atoms with Gasteiger partial charge in [0, 0.05) is 11.8 Å². The molecule has 5 nitrogen and oxygen atoms in total. The first-order chi connectivity index (χ1) is 12.9. The molecule has 27 heavy (non-hydrogen) atoms. The molecule has 1 N–H and O–H groups in total. The molecule has 0 saturated carbocycles. The molecule has 0 aliphatic heterocycles. The Labute approximate surface area is 159 Å². The van der Waals surface area contributed by atoms with Crippen molar-refractivity contribution in [3.63, 3.8) is 0 Å². The standard InChI is InChI=1S/C20H24FNO4S/c1-2-3-4-12-27(24,25)15-20(23)22-18-6-5-7-19(13-18)26-14-16-8-10-17(21)11-9-16/h5-11,13H,2-4,12,14-15H2,1H3,(H,22,23). The van der Waals surface area contributed by atoms with Gasteiger partial charge in [0.2, 0.25) is 5.91 Å². The number of hydrogen-bond acceptors (Lipinski definition) is 4. The van der Waals surface area contributed by atoms with Gasteiger partial charge in [-0.1, -0.05) is 38.0 Å². The van der Waals surface area contributed by atoms with Crippen molar-refractivity contribution in [1.29, 1.82) is 0 Å². The minimum absolute atomic E-state index is 0.0229. The lowest BCUT2D eigenvalue weighted by atomic mass is 10.2. The predicted molar refractivity (Wildman–Crippen MR) is 104 cm³/mol. The molecule has 0 aliphatic rings. The van der Waals surface area contributed by atoms with Crippen molar-refractivity contribution in [3.8, 4) is 5.75 Å². The average molecular weight is 393 g/mol. The van der Waals surface area contributed by atoms with Gasteiger partial charge in [0.15, 0.2) is 9.84 Å². The van der Waals surface area contributed by atoms with Crippen LogP contribution in [0.4, 0.5) is 10.1 Å². The number of halogens is 1. The summed E-state index contributed by atoms with van der Waals surface area (Å²) in [6.45, 7) is 2.24. The highest BCUT2D eigenvalue weighted by Crippen LogP contribution is 2.19. The number of anilines is 1. The second-order valence-electron chi connectivity index (χ2n) is 6.29. The Morgan fingerprint density at radius 1 is 1.11 bits per heavy atom. The zero-order chi connectivity index (χ0) is 19.7. The van der Waals surface area contributed by atoms with Crippen molar-refractivity contribution in [3.05, 3.63) is 59.9 Å². The van der Waals surface area contributed by atoms with Gasteiger partial charge in [0.1, 0.15) is 23.9 Å². The van der Waals surface area contributed by atoms with Crippen LogP contribution < -0.4 is 10.1 Å². The molecule has 0 radical (unpaired) electrons. The zero-order valence-corrected chi connectivity index (χ0v) is 16.1. The van der Waals surface area contributed by atoms with Gasteiger partial charge in [-0.05, 0) is 36.2 Å². The van der Waals surface area contributed by atoms with Gasteiger partial charge in [0.25, 0.3) is 0 Å². The topological polar surface area (TPSA) is 72.5 Å². The van der Waals surface area contributed by atoms with E-state index in [0.29, 0.717) is 17.9 Å². The van der Waals surface area contributed by atoms with E-state index >= 15 is 0 Å². The minimum Gasteiger partial charge on any atom is -0.489 e. The fraction of sp³-hybridized carbons (Fsp3) is 0.350. The molecule has 0 saturated heterocycles. The van der Waals surface area contributed by atoms with Crippen LogP contribution in [0, 0.1) is 5.82 Å². The van der Waals surface area contributed by atoms with E-state index in [1.807, 2.05) is 6.92 Å². The van der Waals surface area contributed by atoms with E-state index in [4.69, 9.17) is 4.74 Å². The Balaban J connectivity index is 1.88. The van der Waals surface area contributed by atoms with Gasteiger partial charge in [-0.25, -0.2) is 12.8 Å². The first-order valence-electron chi connectivity index (χ1n) is 8.85. The highest BCUT2D eigenvalue weighted by molar-refractivity contribution is 7.92. The Bertz CT molecular complexity index is 851. The Morgan fingerprint density at radius 2 is 1.85 bits per heavy atom. The smallest absolute Gasteiger partial charge is 0.239 e. The second-order valence-corrected chi connectivity index (χ2v) is 8.47. The minimum atomic E-state index is -3.41. The summed E-state index contributed by atoms with van der Waals surface area (Å²) in [6, 6.07) is 12.7. The monoisotopic (exact) mass is 393 g/mol. The molecule has 0 fully saturated rings. The summed E-state index contributed by atoms with van der Waals surface area (Å²) in [5, 5.41) is 2.59. The third-order valence-electron chi connectivity index (χ3n) is 3.85. The predicted octanol–water partition coefficient (Wildman–Crippen LogP) is 3.95. The molecule has 0 atom stereocenters. The number of sulfone groups is 1. The molecule has 0 aromatic heterocycles. The molecule has 0 heterocycles. The van der Waals surface area contributed by atoms with Gasteiger partial charge < -0.3 is 10.1 Å². The van der Waals surface area contributed by atoms with Crippen LogP contribution in [0.25, 0.3) is 0 Å². The van der Waals surface area contributed by atoms with Gasteiger partial charge >= 0.3 is 0 Å². The van der Waals surface area contributed by atoms with E-state index in [1.165, 1.54) is 12.1 Å².